The molecule has 0 bridgehead atoms. The lowest BCUT2D eigenvalue weighted by atomic mass is 9.96. The van der Waals surface area contributed by atoms with Crippen LogP contribution in [-0.2, 0) is 19.4 Å². The zero-order valence-corrected chi connectivity index (χ0v) is 14.0. The van der Waals surface area contributed by atoms with E-state index in [9.17, 15) is 4.79 Å². The highest BCUT2D eigenvalue weighted by Gasteiger charge is 2.24. The third-order valence-corrected chi connectivity index (χ3v) is 4.96. The summed E-state index contributed by atoms with van der Waals surface area (Å²) >= 11 is 0. The van der Waals surface area contributed by atoms with E-state index in [4.69, 9.17) is 0 Å². The van der Waals surface area contributed by atoms with Crippen LogP contribution in [0, 0.1) is 0 Å². The van der Waals surface area contributed by atoms with Crippen LogP contribution in [0.25, 0.3) is 10.9 Å². The van der Waals surface area contributed by atoms with E-state index in [0.29, 0.717) is 6.54 Å². The quantitative estimate of drug-likeness (QED) is 0.677. The fourth-order valence-corrected chi connectivity index (χ4v) is 3.81. The molecule has 122 valence electrons. The van der Waals surface area contributed by atoms with Gasteiger partial charge in [0.2, 0.25) is 0 Å². The normalized spacial score (nSPS) is 13.7. The van der Waals surface area contributed by atoms with Crippen LogP contribution in [0.4, 0.5) is 4.79 Å². The van der Waals surface area contributed by atoms with E-state index >= 15 is 0 Å². The topological polar surface area (TPSA) is 25.2 Å². The monoisotopic (exact) mass is 318 g/mol. The molecule has 0 N–H and O–H groups in total. The molecule has 3 nitrogen and oxygen atoms in total. The van der Waals surface area contributed by atoms with Gasteiger partial charge in [0, 0.05) is 24.7 Å². The van der Waals surface area contributed by atoms with Crippen LogP contribution >= 0.6 is 0 Å². The molecule has 0 unspecified atom stereocenters. The molecular formula is C21H22N2O. The summed E-state index contributed by atoms with van der Waals surface area (Å²) < 4.78 is 1.95. The summed E-state index contributed by atoms with van der Waals surface area (Å²) in [5.74, 6) is 0. The summed E-state index contributed by atoms with van der Waals surface area (Å²) in [6, 6.07) is 18.5. The molecule has 0 saturated carbocycles. The number of fused-ring (bicyclic) bond motifs is 3. The van der Waals surface area contributed by atoms with Crippen LogP contribution in [0.3, 0.4) is 0 Å². The third kappa shape index (κ3) is 2.50. The molecule has 0 saturated heterocycles. The van der Waals surface area contributed by atoms with Gasteiger partial charge in [-0.25, -0.2) is 4.79 Å². The van der Waals surface area contributed by atoms with Crippen molar-refractivity contribution in [1.82, 2.24) is 9.47 Å². The summed E-state index contributed by atoms with van der Waals surface area (Å²) in [6.07, 6.45) is 4.46. The second-order valence-corrected chi connectivity index (χ2v) is 6.61. The van der Waals surface area contributed by atoms with Gasteiger partial charge in [0.05, 0.1) is 5.52 Å². The smallest absolute Gasteiger partial charge is 0.323 e. The van der Waals surface area contributed by atoms with Crippen LogP contribution in [0.1, 0.15) is 29.7 Å². The second-order valence-electron chi connectivity index (χ2n) is 6.61. The number of amides is 1. The lowest BCUT2D eigenvalue weighted by molar-refractivity contribution is 0.208. The average molecular weight is 318 g/mol. The number of para-hydroxylation sites is 1. The molecule has 1 heterocycles. The van der Waals surface area contributed by atoms with Crippen molar-refractivity contribution in [1.29, 1.82) is 0 Å². The van der Waals surface area contributed by atoms with Crippen molar-refractivity contribution in [3.8, 4) is 0 Å². The molecular weight excluding hydrogens is 296 g/mol. The zero-order chi connectivity index (χ0) is 16.5. The lowest BCUT2D eigenvalue weighted by Crippen LogP contribution is -2.32. The van der Waals surface area contributed by atoms with E-state index in [2.05, 4.69) is 30.3 Å². The Morgan fingerprint density at radius 2 is 1.71 bits per heavy atom. The van der Waals surface area contributed by atoms with Gasteiger partial charge in [-0.15, -0.1) is 0 Å². The highest BCUT2D eigenvalue weighted by molar-refractivity contribution is 5.95. The van der Waals surface area contributed by atoms with Gasteiger partial charge in [0.15, 0.2) is 0 Å². The molecule has 2 aromatic carbocycles. The van der Waals surface area contributed by atoms with Crippen LogP contribution < -0.4 is 0 Å². The number of hydrogen-bond acceptors (Lipinski definition) is 1. The molecule has 0 atom stereocenters. The maximum absolute atomic E-state index is 13.2. The Labute approximate surface area is 142 Å². The number of aryl methyl sites for hydroxylation is 1. The Morgan fingerprint density at radius 3 is 2.54 bits per heavy atom. The minimum absolute atomic E-state index is 0.0678. The molecule has 24 heavy (non-hydrogen) atoms. The predicted octanol–water partition coefficient (Wildman–Crippen LogP) is 4.62. The van der Waals surface area contributed by atoms with Gasteiger partial charge >= 0.3 is 6.03 Å². The van der Waals surface area contributed by atoms with Gasteiger partial charge < -0.3 is 4.90 Å². The van der Waals surface area contributed by atoms with E-state index in [1.54, 1.807) is 0 Å². The zero-order valence-electron chi connectivity index (χ0n) is 14.0. The summed E-state index contributed by atoms with van der Waals surface area (Å²) in [5, 5.41) is 1.24. The molecule has 0 radical (unpaired) electrons. The SMILES string of the molecule is CN(Cc1ccccc1)C(=O)n1c2c(c3ccccc31)CCCC2. The van der Waals surface area contributed by atoms with Gasteiger partial charge in [-0.3, -0.25) is 4.57 Å². The number of carbonyl (C=O) groups is 1. The fourth-order valence-electron chi connectivity index (χ4n) is 3.81. The molecule has 0 aliphatic heterocycles. The van der Waals surface area contributed by atoms with Crippen molar-refractivity contribution >= 4 is 16.9 Å². The Hall–Kier alpha value is -2.55. The molecule has 4 rings (SSSR count). The largest absolute Gasteiger partial charge is 0.328 e. The maximum atomic E-state index is 13.2. The summed E-state index contributed by atoms with van der Waals surface area (Å²) in [5.41, 5.74) is 4.79. The van der Waals surface area contributed by atoms with Crippen molar-refractivity contribution in [2.45, 2.75) is 32.2 Å². The van der Waals surface area contributed by atoms with Crippen molar-refractivity contribution in [2.24, 2.45) is 0 Å². The fraction of sp³-hybridized carbons (Fsp3) is 0.286. The molecule has 0 spiro atoms. The van der Waals surface area contributed by atoms with Crippen LogP contribution in [0.2, 0.25) is 0 Å². The van der Waals surface area contributed by atoms with Gasteiger partial charge in [-0.05, 0) is 42.9 Å². The Bertz CT molecular complexity index is 879. The van der Waals surface area contributed by atoms with Crippen molar-refractivity contribution in [2.75, 3.05) is 7.05 Å². The Balaban J connectivity index is 1.74. The number of benzene rings is 2. The van der Waals surface area contributed by atoms with Gasteiger partial charge in [0.25, 0.3) is 0 Å². The molecule has 1 amide bonds. The molecule has 3 aromatic rings. The highest BCUT2D eigenvalue weighted by Crippen LogP contribution is 2.32. The molecule has 1 aromatic heterocycles. The standard InChI is InChI=1S/C21H22N2O/c1-22(15-16-9-3-2-4-10-16)21(24)23-19-13-7-5-11-17(19)18-12-6-8-14-20(18)23/h2-5,7,9-11,13H,6,8,12,14-15H2,1H3. The third-order valence-electron chi connectivity index (χ3n) is 4.96. The first kappa shape index (κ1) is 15.0. The van der Waals surface area contributed by atoms with Gasteiger partial charge in [0.1, 0.15) is 0 Å². The second kappa shape index (κ2) is 6.16. The first-order valence-corrected chi connectivity index (χ1v) is 8.66. The average Bonchev–Trinajstić information content (AvgIpc) is 2.96. The van der Waals surface area contributed by atoms with Crippen molar-refractivity contribution in [3.05, 3.63) is 71.4 Å². The molecule has 1 aliphatic carbocycles. The number of aromatic nitrogens is 1. The summed E-state index contributed by atoms with van der Waals surface area (Å²) in [6.45, 7) is 0.626. The number of rotatable bonds is 2. The lowest BCUT2D eigenvalue weighted by Gasteiger charge is -2.21. The van der Waals surface area contributed by atoms with Gasteiger partial charge in [-0.1, -0.05) is 48.5 Å². The van der Waals surface area contributed by atoms with Crippen molar-refractivity contribution < 1.29 is 4.79 Å². The maximum Gasteiger partial charge on any atom is 0.328 e. The van der Waals surface area contributed by atoms with Crippen LogP contribution in [0.5, 0.6) is 0 Å². The predicted molar refractivity (Wildman–Crippen MR) is 97.3 cm³/mol. The molecule has 1 aliphatic rings. The first-order valence-electron chi connectivity index (χ1n) is 8.66. The Kier molecular flexibility index (Phi) is 3.85. The Morgan fingerprint density at radius 1 is 1.00 bits per heavy atom. The number of hydrogen-bond donors (Lipinski definition) is 0. The van der Waals surface area contributed by atoms with E-state index in [1.165, 1.54) is 29.5 Å². The first-order chi connectivity index (χ1) is 11.8. The highest BCUT2D eigenvalue weighted by atomic mass is 16.2. The molecule has 3 heteroatoms. The van der Waals surface area contributed by atoms with Crippen molar-refractivity contribution in [3.63, 3.8) is 0 Å². The number of carbonyl (C=O) groups excluding carboxylic acids is 1. The van der Waals surface area contributed by atoms with E-state index < -0.39 is 0 Å². The molecule has 0 fully saturated rings. The minimum atomic E-state index is 0.0678. The summed E-state index contributed by atoms with van der Waals surface area (Å²) in [7, 11) is 1.89. The van der Waals surface area contributed by atoms with Gasteiger partial charge in [-0.2, -0.15) is 0 Å². The van der Waals surface area contributed by atoms with E-state index in [-0.39, 0.29) is 6.03 Å². The van der Waals surface area contributed by atoms with E-state index in [0.717, 1.165) is 23.9 Å². The van der Waals surface area contributed by atoms with E-state index in [1.807, 2.05) is 40.8 Å². The number of nitrogens with zero attached hydrogens (tertiary/aromatic N) is 2. The minimum Gasteiger partial charge on any atom is -0.323 e. The van der Waals surface area contributed by atoms with Crippen LogP contribution in [-0.4, -0.2) is 22.5 Å². The summed E-state index contributed by atoms with van der Waals surface area (Å²) in [4.78, 5) is 15.0. The van der Waals surface area contributed by atoms with Crippen LogP contribution in [0.15, 0.2) is 54.6 Å².